The molecule has 0 radical (unpaired) electrons. The van der Waals surface area contributed by atoms with Crippen LogP contribution in [-0.4, -0.2) is 27.0 Å². The van der Waals surface area contributed by atoms with Crippen LogP contribution in [0.15, 0.2) is 73.1 Å². The lowest BCUT2D eigenvalue weighted by molar-refractivity contribution is 0.0926. The number of aromatic nitrogens is 3. The predicted octanol–water partition coefficient (Wildman–Crippen LogP) is 4.51. The topological polar surface area (TPSA) is 81.9 Å². The number of carbonyl (C=O) groups is 2. The van der Waals surface area contributed by atoms with Crippen LogP contribution in [0.25, 0.3) is 32.9 Å². The van der Waals surface area contributed by atoms with Crippen LogP contribution >= 0.6 is 0 Å². The summed E-state index contributed by atoms with van der Waals surface area (Å²) in [6, 6.07) is 18.8. The minimum atomic E-state index is -0.315. The largest absolute Gasteiger partial charge is 0.361 e. The Morgan fingerprint density at radius 1 is 0.759 bits per heavy atom. The molecule has 1 aliphatic heterocycles. The molecule has 2 amide bonds. The molecule has 0 aliphatic carbocycles. The van der Waals surface area contributed by atoms with Gasteiger partial charge in [-0.3, -0.25) is 14.7 Å². The number of H-pyrrole nitrogens is 2. The number of carbonyl (C=O) groups excluding carboxylic acids is 2. The maximum atomic E-state index is 13.1. The molecule has 3 heterocycles. The van der Waals surface area contributed by atoms with Gasteiger partial charge in [0.25, 0.3) is 11.8 Å². The molecule has 0 atom stereocenters. The summed E-state index contributed by atoms with van der Waals surface area (Å²) in [4.78, 5) is 30.6. The van der Waals surface area contributed by atoms with Gasteiger partial charge in [0, 0.05) is 22.5 Å². The molecular formula is C23H14N4O2. The zero-order valence-electron chi connectivity index (χ0n) is 15.1. The Morgan fingerprint density at radius 3 is 2.31 bits per heavy atom. The van der Waals surface area contributed by atoms with Crippen LogP contribution in [0.1, 0.15) is 20.7 Å². The number of rotatable bonds is 2. The Balaban J connectivity index is 1.61. The van der Waals surface area contributed by atoms with E-state index in [0.29, 0.717) is 16.8 Å². The molecule has 0 bridgehead atoms. The highest BCUT2D eigenvalue weighted by Gasteiger charge is 2.37. The lowest BCUT2D eigenvalue weighted by atomic mass is 9.99. The average Bonchev–Trinajstić information content (AvgIpc) is 3.46. The highest BCUT2D eigenvalue weighted by molar-refractivity contribution is 6.36. The number of benzene rings is 3. The van der Waals surface area contributed by atoms with E-state index < -0.39 is 0 Å². The Labute approximate surface area is 164 Å². The smallest absolute Gasteiger partial charge is 0.266 e. The number of fused-ring (bicyclic) bond motifs is 3. The quantitative estimate of drug-likeness (QED) is 0.443. The fourth-order valence-electron chi connectivity index (χ4n) is 4.12. The lowest BCUT2D eigenvalue weighted by Crippen LogP contribution is -2.29. The van der Waals surface area contributed by atoms with Crippen molar-refractivity contribution in [2.24, 2.45) is 0 Å². The number of amides is 2. The molecule has 0 saturated carbocycles. The van der Waals surface area contributed by atoms with Crippen LogP contribution in [0.4, 0.5) is 5.69 Å². The summed E-state index contributed by atoms with van der Waals surface area (Å²) in [6.45, 7) is 0. The normalized spacial score (nSPS) is 13.6. The summed E-state index contributed by atoms with van der Waals surface area (Å²) in [7, 11) is 0. The zero-order valence-corrected chi connectivity index (χ0v) is 15.1. The summed E-state index contributed by atoms with van der Waals surface area (Å²) >= 11 is 0. The van der Waals surface area contributed by atoms with Crippen molar-refractivity contribution in [3.05, 3.63) is 84.2 Å². The standard InChI is InChI=1S/C23H14N4O2/c28-22-16-4-1-2-5-17(16)23(29)27(22)21-11-13(10-20-18(21)12-25-26-20)14-6-3-7-19-15(14)8-9-24-19/h1-12,24H,(H,25,26). The molecule has 1 aliphatic rings. The number of hydrogen-bond acceptors (Lipinski definition) is 3. The third kappa shape index (κ3) is 2.14. The fourth-order valence-corrected chi connectivity index (χ4v) is 4.12. The monoisotopic (exact) mass is 378 g/mol. The van der Waals surface area contributed by atoms with Crippen molar-refractivity contribution in [3.63, 3.8) is 0 Å². The SMILES string of the molecule is O=C1c2ccccc2C(=O)N1c1cc(-c2cccc3[nH]ccc23)cc2[nH]ncc12. The van der Waals surface area contributed by atoms with Gasteiger partial charge in [0.15, 0.2) is 0 Å². The first-order valence-electron chi connectivity index (χ1n) is 9.24. The minimum Gasteiger partial charge on any atom is -0.361 e. The minimum absolute atomic E-state index is 0.315. The van der Waals surface area contributed by atoms with Gasteiger partial charge in [0.1, 0.15) is 0 Å². The van der Waals surface area contributed by atoms with Gasteiger partial charge in [0.05, 0.1) is 28.5 Å². The van der Waals surface area contributed by atoms with Crippen molar-refractivity contribution in [1.82, 2.24) is 15.2 Å². The maximum Gasteiger partial charge on any atom is 0.266 e. The number of imide groups is 1. The molecule has 0 unspecified atom stereocenters. The predicted molar refractivity (Wildman–Crippen MR) is 111 cm³/mol. The molecule has 3 aromatic carbocycles. The van der Waals surface area contributed by atoms with E-state index in [-0.39, 0.29) is 11.8 Å². The van der Waals surface area contributed by atoms with E-state index in [1.54, 1.807) is 30.5 Å². The van der Waals surface area contributed by atoms with E-state index >= 15 is 0 Å². The molecule has 6 rings (SSSR count). The van der Waals surface area contributed by atoms with Crippen molar-refractivity contribution >= 4 is 39.3 Å². The van der Waals surface area contributed by atoms with Gasteiger partial charge >= 0.3 is 0 Å². The van der Waals surface area contributed by atoms with Gasteiger partial charge in [0.2, 0.25) is 0 Å². The van der Waals surface area contributed by atoms with Gasteiger partial charge in [-0.1, -0.05) is 24.3 Å². The van der Waals surface area contributed by atoms with Crippen LogP contribution in [0.5, 0.6) is 0 Å². The molecule has 6 heteroatoms. The van der Waals surface area contributed by atoms with Crippen molar-refractivity contribution < 1.29 is 9.59 Å². The van der Waals surface area contributed by atoms with Crippen LogP contribution in [0.3, 0.4) is 0 Å². The van der Waals surface area contributed by atoms with Crippen molar-refractivity contribution in [3.8, 4) is 11.1 Å². The van der Waals surface area contributed by atoms with E-state index in [0.717, 1.165) is 32.9 Å². The number of nitrogens with zero attached hydrogens (tertiary/aromatic N) is 2. The Hall–Kier alpha value is -4.19. The first-order valence-corrected chi connectivity index (χ1v) is 9.24. The maximum absolute atomic E-state index is 13.1. The molecule has 6 nitrogen and oxygen atoms in total. The lowest BCUT2D eigenvalue weighted by Gasteiger charge is -2.17. The van der Waals surface area contributed by atoms with Crippen molar-refractivity contribution in [2.75, 3.05) is 4.90 Å². The van der Waals surface area contributed by atoms with Gasteiger partial charge in [-0.2, -0.15) is 5.10 Å². The summed E-state index contributed by atoms with van der Waals surface area (Å²) in [5.41, 5.74) is 5.08. The summed E-state index contributed by atoms with van der Waals surface area (Å²) < 4.78 is 0. The van der Waals surface area contributed by atoms with Crippen molar-refractivity contribution in [1.29, 1.82) is 0 Å². The summed E-state index contributed by atoms with van der Waals surface area (Å²) in [5.74, 6) is -0.629. The second kappa shape index (κ2) is 5.65. The first-order chi connectivity index (χ1) is 14.2. The molecule has 0 saturated heterocycles. The van der Waals surface area contributed by atoms with Crippen LogP contribution in [-0.2, 0) is 0 Å². The molecule has 0 spiro atoms. The van der Waals surface area contributed by atoms with Crippen LogP contribution < -0.4 is 4.90 Å². The van der Waals surface area contributed by atoms with Gasteiger partial charge in [-0.05, 0) is 47.5 Å². The van der Waals surface area contributed by atoms with Gasteiger partial charge in [-0.15, -0.1) is 0 Å². The number of anilines is 1. The van der Waals surface area contributed by atoms with Gasteiger partial charge < -0.3 is 4.98 Å². The highest BCUT2D eigenvalue weighted by Crippen LogP contribution is 2.38. The Bertz CT molecular complexity index is 1430. The van der Waals surface area contributed by atoms with E-state index in [1.807, 2.05) is 42.6 Å². The number of aromatic amines is 2. The molecule has 2 aromatic heterocycles. The Morgan fingerprint density at radius 2 is 1.52 bits per heavy atom. The summed E-state index contributed by atoms with van der Waals surface area (Å²) in [5, 5.41) is 8.91. The number of hydrogen-bond donors (Lipinski definition) is 2. The Kier molecular flexibility index (Phi) is 3.09. The highest BCUT2D eigenvalue weighted by atomic mass is 16.2. The molecule has 138 valence electrons. The van der Waals surface area contributed by atoms with Crippen molar-refractivity contribution in [2.45, 2.75) is 0 Å². The third-order valence-electron chi connectivity index (χ3n) is 5.48. The van der Waals surface area contributed by atoms with Crippen LogP contribution in [0.2, 0.25) is 0 Å². The van der Waals surface area contributed by atoms with E-state index in [4.69, 9.17) is 0 Å². The third-order valence-corrected chi connectivity index (χ3v) is 5.48. The second-order valence-corrected chi connectivity index (χ2v) is 7.06. The zero-order chi connectivity index (χ0) is 19.5. The fraction of sp³-hybridized carbons (Fsp3) is 0. The average molecular weight is 378 g/mol. The molecular weight excluding hydrogens is 364 g/mol. The van der Waals surface area contributed by atoms with E-state index in [9.17, 15) is 9.59 Å². The van der Waals surface area contributed by atoms with E-state index in [2.05, 4.69) is 15.2 Å². The van der Waals surface area contributed by atoms with Gasteiger partial charge in [-0.25, -0.2) is 4.90 Å². The molecule has 5 aromatic rings. The second-order valence-electron chi connectivity index (χ2n) is 7.06. The molecule has 2 N–H and O–H groups in total. The number of nitrogens with one attached hydrogen (secondary N) is 2. The first kappa shape index (κ1) is 15.8. The van der Waals surface area contributed by atoms with E-state index in [1.165, 1.54) is 4.90 Å². The molecule has 0 fully saturated rings. The molecule has 29 heavy (non-hydrogen) atoms. The summed E-state index contributed by atoms with van der Waals surface area (Å²) in [6.07, 6.45) is 3.54. The van der Waals surface area contributed by atoms with Crippen LogP contribution in [0, 0.1) is 0 Å².